The zero-order valence-electron chi connectivity index (χ0n) is 7.42. The molecule has 1 heterocycles. The van der Waals surface area contributed by atoms with Crippen molar-refractivity contribution in [1.29, 1.82) is 0 Å². The van der Waals surface area contributed by atoms with Crippen LogP contribution in [0.4, 0.5) is 0 Å². The Bertz CT molecular complexity index is 204. The monoisotopic (exact) mass is 153 g/mol. The molecule has 0 aromatic carbocycles. The number of nitrogens with zero attached hydrogens (tertiary/aromatic N) is 1. The number of carbonyl (C=O) groups excluding carboxylic acids is 1. The summed E-state index contributed by atoms with van der Waals surface area (Å²) in [7, 11) is 1.95. The Labute approximate surface area is 67.6 Å². The lowest BCUT2D eigenvalue weighted by Crippen LogP contribution is -2.33. The average Bonchev–Trinajstić information content (AvgIpc) is 2.35. The van der Waals surface area contributed by atoms with Gasteiger partial charge in [0.05, 0.1) is 0 Å². The van der Waals surface area contributed by atoms with Crippen LogP contribution in [0.1, 0.15) is 26.7 Å². The molecule has 2 aliphatic rings. The third-order valence-corrected chi connectivity index (χ3v) is 3.96. The molecule has 2 rings (SSSR count). The van der Waals surface area contributed by atoms with E-state index in [0.717, 1.165) is 24.7 Å². The van der Waals surface area contributed by atoms with Crippen LogP contribution in [0.5, 0.6) is 0 Å². The molecule has 1 saturated carbocycles. The summed E-state index contributed by atoms with van der Waals surface area (Å²) >= 11 is 0. The third kappa shape index (κ3) is 0.608. The Morgan fingerprint density at radius 2 is 2.00 bits per heavy atom. The molecular formula is C9H15NO. The van der Waals surface area contributed by atoms with Crippen molar-refractivity contribution in [3.63, 3.8) is 0 Å². The van der Waals surface area contributed by atoms with Crippen LogP contribution in [0.15, 0.2) is 0 Å². The second kappa shape index (κ2) is 1.79. The lowest BCUT2D eigenvalue weighted by atomic mass is 10.1. The van der Waals surface area contributed by atoms with Crippen LogP contribution in [0.3, 0.4) is 0 Å². The van der Waals surface area contributed by atoms with Crippen LogP contribution in [-0.2, 0) is 4.79 Å². The minimum atomic E-state index is 0.275. The van der Waals surface area contributed by atoms with Crippen LogP contribution in [0, 0.1) is 11.8 Å². The Kier molecular flexibility index (Phi) is 1.16. The Morgan fingerprint density at radius 1 is 1.45 bits per heavy atom. The van der Waals surface area contributed by atoms with E-state index in [1.807, 2.05) is 11.9 Å². The minimum Gasteiger partial charge on any atom is -0.340 e. The zero-order chi connectivity index (χ0) is 8.22. The Hall–Kier alpha value is -0.530. The fourth-order valence-electron chi connectivity index (χ4n) is 2.78. The standard InChI is InChI=1S/C9H15NO/c1-6-7(2)9(6)5-4-8(11)10(9)3/h6-7H,4-5H2,1-3H3. The third-order valence-electron chi connectivity index (χ3n) is 3.96. The summed E-state index contributed by atoms with van der Waals surface area (Å²) in [6.45, 7) is 4.50. The molecule has 2 atom stereocenters. The molecule has 0 N–H and O–H groups in total. The molecule has 0 radical (unpaired) electrons. The lowest BCUT2D eigenvalue weighted by molar-refractivity contribution is -0.128. The summed E-state index contributed by atoms with van der Waals surface area (Å²) in [4.78, 5) is 13.2. The van der Waals surface area contributed by atoms with E-state index in [9.17, 15) is 4.79 Å². The van der Waals surface area contributed by atoms with Crippen molar-refractivity contribution in [3.05, 3.63) is 0 Å². The van der Waals surface area contributed by atoms with Crippen molar-refractivity contribution >= 4 is 5.91 Å². The predicted molar refractivity (Wildman–Crippen MR) is 43.1 cm³/mol. The predicted octanol–water partition coefficient (Wildman–Crippen LogP) is 1.26. The fraction of sp³-hybridized carbons (Fsp3) is 0.889. The summed E-state index contributed by atoms with van der Waals surface area (Å²) in [5.41, 5.74) is 0.275. The maximum absolute atomic E-state index is 11.2. The Balaban J connectivity index is 2.24. The molecule has 11 heavy (non-hydrogen) atoms. The number of likely N-dealkylation sites (tertiary alicyclic amines) is 1. The van der Waals surface area contributed by atoms with E-state index in [1.54, 1.807) is 0 Å². The number of rotatable bonds is 0. The van der Waals surface area contributed by atoms with Gasteiger partial charge >= 0.3 is 0 Å². The normalized spacial score (nSPS) is 49.0. The average molecular weight is 153 g/mol. The van der Waals surface area contributed by atoms with Crippen molar-refractivity contribution in [2.45, 2.75) is 32.2 Å². The molecule has 2 heteroatoms. The van der Waals surface area contributed by atoms with E-state index in [-0.39, 0.29) is 5.54 Å². The molecule has 2 nitrogen and oxygen atoms in total. The van der Waals surface area contributed by atoms with Gasteiger partial charge in [-0.25, -0.2) is 0 Å². The van der Waals surface area contributed by atoms with Gasteiger partial charge < -0.3 is 4.90 Å². The summed E-state index contributed by atoms with van der Waals surface area (Å²) in [6, 6.07) is 0. The van der Waals surface area contributed by atoms with Crippen molar-refractivity contribution in [2.24, 2.45) is 11.8 Å². The topological polar surface area (TPSA) is 20.3 Å². The van der Waals surface area contributed by atoms with Crippen molar-refractivity contribution in [2.75, 3.05) is 7.05 Å². The highest BCUT2D eigenvalue weighted by Crippen LogP contribution is 2.59. The maximum atomic E-state index is 11.2. The van der Waals surface area contributed by atoms with Gasteiger partial charge in [-0.1, -0.05) is 13.8 Å². The first-order valence-electron chi connectivity index (χ1n) is 4.37. The smallest absolute Gasteiger partial charge is 0.222 e. The highest BCUT2D eigenvalue weighted by atomic mass is 16.2. The summed E-state index contributed by atoms with van der Waals surface area (Å²) in [5.74, 6) is 1.78. The molecule has 1 amide bonds. The van der Waals surface area contributed by atoms with Crippen molar-refractivity contribution in [3.8, 4) is 0 Å². The molecule has 62 valence electrons. The van der Waals surface area contributed by atoms with Gasteiger partial charge in [0.2, 0.25) is 5.91 Å². The quantitative estimate of drug-likeness (QED) is 0.513. The van der Waals surface area contributed by atoms with E-state index in [0.29, 0.717) is 5.91 Å². The van der Waals surface area contributed by atoms with Gasteiger partial charge in [-0.05, 0) is 18.3 Å². The van der Waals surface area contributed by atoms with Crippen LogP contribution in [0.2, 0.25) is 0 Å². The van der Waals surface area contributed by atoms with Crippen molar-refractivity contribution < 1.29 is 4.79 Å². The Morgan fingerprint density at radius 3 is 2.18 bits per heavy atom. The first-order valence-corrected chi connectivity index (χ1v) is 4.37. The van der Waals surface area contributed by atoms with Gasteiger partial charge in [0, 0.05) is 19.0 Å². The van der Waals surface area contributed by atoms with Crippen LogP contribution >= 0.6 is 0 Å². The van der Waals surface area contributed by atoms with Crippen LogP contribution in [-0.4, -0.2) is 23.4 Å². The first kappa shape index (κ1) is 7.14. The fourth-order valence-corrected chi connectivity index (χ4v) is 2.78. The van der Waals surface area contributed by atoms with E-state index < -0.39 is 0 Å². The molecule has 1 aliphatic carbocycles. The second-order valence-corrected chi connectivity index (χ2v) is 4.02. The van der Waals surface area contributed by atoms with Gasteiger partial charge in [-0.3, -0.25) is 4.79 Å². The highest BCUT2D eigenvalue weighted by molar-refractivity contribution is 5.80. The molecule has 0 aromatic heterocycles. The highest BCUT2D eigenvalue weighted by Gasteiger charge is 2.65. The maximum Gasteiger partial charge on any atom is 0.222 e. The van der Waals surface area contributed by atoms with Gasteiger partial charge in [-0.2, -0.15) is 0 Å². The molecular weight excluding hydrogens is 138 g/mol. The van der Waals surface area contributed by atoms with Gasteiger partial charge in [0.25, 0.3) is 0 Å². The minimum absolute atomic E-state index is 0.275. The summed E-state index contributed by atoms with van der Waals surface area (Å²) in [6.07, 6.45) is 1.86. The number of carbonyl (C=O) groups is 1. The lowest BCUT2D eigenvalue weighted by Gasteiger charge is -2.20. The first-order chi connectivity index (χ1) is 5.10. The molecule has 1 aliphatic heterocycles. The van der Waals surface area contributed by atoms with E-state index in [2.05, 4.69) is 13.8 Å². The van der Waals surface area contributed by atoms with Crippen molar-refractivity contribution in [1.82, 2.24) is 4.90 Å². The van der Waals surface area contributed by atoms with E-state index >= 15 is 0 Å². The molecule has 2 unspecified atom stereocenters. The van der Waals surface area contributed by atoms with E-state index in [4.69, 9.17) is 0 Å². The number of hydrogen-bond donors (Lipinski definition) is 0. The van der Waals surface area contributed by atoms with Gasteiger partial charge in [-0.15, -0.1) is 0 Å². The molecule has 0 bridgehead atoms. The molecule has 1 saturated heterocycles. The van der Waals surface area contributed by atoms with Crippen LogP contribution in [0.25, 0.3) is 0 Å². The SMILES string of the molecule is CC1C(C)C12CCC(=O)N2C. The molecule has 2 fully saturated rings. The molecule has 1 spiro atoms. The zero-order valence-corrected chi connectivity index (χ0v) is 7.42. The summed E-state index contributed by atoms with van der Waals surface area (Å²) < 4.78 is 0. The van der Waals surface area contributed by atoms with Crippen LogP contribution < -0.4 is 0 Å². The number of hydrogen-bond acceptors (Lipinski definition) is 1. The van der Waals surface area contributed by atoms with E-state index in [1.165, 1.54) is 0 Å². The molecule has 0 aromatic rings. The van der Waals surface area contributed by atoms with Gasteiger partial charge in [0.15, 0.2) is 0 Å². The number of amides is 1. The largest absolute Gasteiger partial charge is 0.340 e. The van der Waals surface area contributed by atoms with Gasteiger partial charge in [0.1, 0.15) is 0 Å². The summed E-state index contributed by atoms with van der Waals surface area (Å²) in [5, 5.41) is 0. The second-order valence-electron chi connectivity index (χ2n) is 4.02.